The van der Waals surface area contributed by atoms with Gasteiger partial charge in [-0.2, -0.15) is 0 Å². The Labute approximate surface area is 119 Å². The molecule has 0 bridgehead atoms. The number of aliphatic hydroxyl groups excluding tert-OH is 1. The van der Waals surface area contributed by atoms with Crippen molar-refractivity contribution >= 4 is 0 Å². The van der Waals surface area contributed by atoms with Crippen molar-refractivity contribution in [2.45, 2.75) is 72.8 Å². The van der Waals surface area contributed by atoms with Crippen LogP contribution in [0.3, 0.4) is 0 Å². The van der Waals surface area contributed by atoms with Crippen LogP contribution in [0.25, 0.3) is 0 Å². The maximum absolute atomic E-state index is 10.6. The number of aryl methyl sites for hydroxylation is 3. The number of hydrogen-bond donors (Lipinski definition) is 1. The van der Waals surface area contributed by atoms with Crippen molar-refractivity contribution < 1.29 is 5.11 Å². The van der Waals surface area contributed by atoms with E-state index in [0.29, 0.717) is 5.92 Å². The van der Waals surface area contributed by atoms with E-state index in [0.717, 1.165) is 32.1 Å². The molecule has 0 aliphatic rings. The molecule has 1 aromatic carbocycles. The summed E-state index contributed by atoms with van der Waals surface area (Å²) in [4.78, 5) is 0. The van der Waals surface area contributed by atoms with Crippen molar-refractivity contribution in [2.75, 3.05) is 0 Å². The molecule has 1 heteroatoms. The van der Waals surface area contributed by atoms with E-state index in [1.165, 1.54) is 22.3 Å². The van der Waals surface area contributed by atoms with Gasteiger partial charge < -0.3 is 5.11 Å². The van der Waals surface area contributed by atoms with Crippen molar-refractivity contribution in [3.05, 3.63) is 34.4 Å². The van der Waals surface area contributed by atoms with E-state index >= 15 is 0 Å². The van der Waals surface area contributed by atoms with Crippen LogP contribution in [0.5, 0.6) is 0 Å². The molecule has 19 heavy (non-hydrogen) atoms. The molecule has 1 N–H and O–H groups in total. The molecule has 0 aliphatic heterocycles. The SMILES string of the molecule is CCc1cc(CC)c(C(O)CC(C)CC)c(CC)c1. The maximum Gasteiger partial charge on any atom is 0.0797 e. The quantitative estimate of drug-likeness (QED) is 0.745. The minimum atomic E-state index is -0.300. The largest absolute Gasteiger partial charge is 0.388 e. The third-order valence-corrected chi connectivity index (χ3v) is 4.24. The molecular formula is C18H30O. The lowest BCUT2D eigenvalue weighted by atomic mass is 9.87. The number of aliphatic hydroxyl groups is 1. The van der Waals surface area contributed by atoms with Crippen molar-refractivity contribution in [3.63, 3.8) is 0 Å². The Morgan fingerprint density at radius 3 is 1.84 bits per heavy atom. The summed E-state index contributed by atoms with van der Waals surface area (Å²) in [7, 11) is 0. The van der Waals surface area contributed by atoms with Gasteiger partial charge in [-0.15, -0.1) is 0 Å². The van der Waals surface area contributed by atoms with Gasteiger partial charge in [-0.1, -0.05) is 53.2 Å². The van der Waals surface area contributed by atoms with Gasteiger partial charge in [-0.3, -0.25) is 0 Å². The second-order valence-electron chi connectivity index (χ2n) is 5.65. The Kier molecular flexibility index (Phi) is 6.57. The van der Waals surface area contributed by atoms with Gasteiger partial charge in [0.2, 0.25) is 0 Å². The molecule has 0 aromatic heterocycles. The van der Waals surface area contributed by atoms with Gasteiger partial charge in [0.05, 0.1) is 6.10 Å². The Morgan fingerprint density at radius 2 is 1.47 bits per heavy atom. The third kappa shape index (κ3) is 4.07. The number of hydrogen-bond acceptors (Lipinski definition) is 1. The van der Waals surface area contributed by atoms with Gasteiger partial charge >= 0.3 is 0 Å². The summed E-state index contributed by atoms with van der Waals surface area (Å²) in [6, 6.07) is 4.57. The van der Waals surface area contributed by atoms with E-state index in [1.807, 2.05) is 0 Å². The van der Waals surface area contributed by atoms with E-state index in [1.54, 1.807) is 0 Å². The second-order valence-corrected chi connectivity index (χ2v) is 5.65. The van der Waals surface area contributed by atoms with Crippen LogP contribution in [-0.4, -0.2) is 5.11 Å². The lowest BCUT2D eigenvalue weighted by Gasteiger charge is -2.22. The Bertz CT molecular complexity index is 370. The molecule has 0 saturated heterocycles. The highest BCUT2D eigenvalue weighted by molar-refractivity contribution is 5.41. The number of rotatable bonds is 7. The molecule has 1 nitrogen and oxygen atoms in total. The molecule has 2 atom stereocenters. The molecule has 0 radical (unpaired) electrons. The topological polar surface area (TPSA) is 20.2 Å². The Morgan fingerprint density at radius 1 is 0.947 bits per heavy atom. The predicted molar refractivity (Wildman–Crippen MR) is 83.6 cm³/mol. The highest BCUT2D eigenvalue weighted by Crippen LogP contribution is 2.30. The summed E-state index contributed by atoms with van der Waals surface area (Å²) in [5, 5.41) is 10.6. The van der Waals surface area contributed by atoms with Crippen LogP contribution in [0.4, 0.5) is 0 Å². The van der Waals surface area contributed by atoms with E-state index in [-0.39, 0.29) is 6.10 Å². The molecule has 0 heterocycles. The Hall–Kier alpha value is -0.820. The van der Waals surface area contributed by atoms with Gasteiger partial charge in [-0.25, -0.2) is 0 Å². The highest BCUT2D eigenvalue weighted by atomic mass is 16.3. The first-order valence-electron chi connectivity index (χ1n) is 7.89. The monoisotopic (exact) mass is 262 g/mol. The average molecular weight is 262 g/mol. The summed E-state index contributed by atoms with van der Waals surface area (Å²) >= 11 is 0. The smallest absolute Gasteiger partial charge is 0.0797 e. The lowest BCUT2D eigenvalue weighted by Crippen LogP contribution is -2.10. The molecule has 108 valence electrons. The van der Waals surface area contributed by atoms with Crippen molar-refractivity contribution in [3.8, 4) is 0 Å². The first-order valence-corrected chi connectivity index (χ1v) is 7.89. The number of benzene rings is 1. The summed E-state index contributed by atoms with van der Waals surface area (Å²) in [5.74, 6) is 0.579. The van der Waals surface area contributed by atoms with Crippen LogP contribution in [0.1, 0.15) is 75.8 Å². The first-order chi connectivity index (χ1) is 9.07. The van der Waals surface area contributed by atoms with Crippen LogP contribution in [0.2, 0.25) is 0 Å². The van der Waals surface area contributed by atoms with E-state index in [9.17, 15) is 5.11 Å². The normalized spacial score (nSPS) is 14.4. The van der Waals surface area contributed by atoms with Crippen molar-refractivity contribution in [1.82, 2.24) is 0 Å². The van der Waals surface area contributed by atoms with Gasteiger partial charge in [0.25, 0.3) is 0 Å². The highest BCUT2D eigenvalue weighted by Gasteiger charge is 2.18. The minimum absolute atomic E-state index is 0.300. The van der Waals surface area contributed by atoms with E-state index < -0.39 is 0 Å². The van der Waals surface area contributed by atoms with Crippen molar-refractivity contribution in [2.24, 2.45) is 5.92 Å². The summed E-state index contributed by atoms with van der Waals surface area (Å²) in [6.45, 7) is 11.0. The molecular weight excluding hydrogens is 232 g/mol. The van der Waals surface area contributed by atoms with Gasteiger partial charge in [0, 0.05) is 0 Å². The first kappa shape index (κ1) is 16.2. The average Bonchev–Trinajstić information content (AvgIpc) is 2.44. The molecule has 0 aliphatic carbocycles. The zero-order chi connectivity index (χ0) is 14.4. The molecule has 1 rings (SSSR count). The zero-order valence-corrected chi connectivity index (χ0v) is 13.3. The van der Waals surface area contributed by atoms with E-state index in [2.05, 4.69) is 46.8 Å². The standard InChI is InChI=1S/C18H30O/c1-6-13(5)10-17(19)18-15(8-3)11-14(7-2)12-16(18)9-4/h11-13,17,19H,6-10H2,1-5H3. The summed E-state index contributed by atoms with van der Waals surface area (Å²) in [5.41, 5.74) is 5.29. The fourth-order valence-corrected chi connectivity index (χ4v) is 2.73. The lowest BCUT2D eigenvalue weighted by molar-refractivity contribution is 0.144. The van der Waals surface area contributed by atoms with Crippen LogP contribution < -0.4 is 0 Å². The van der Waals surface area contributed by atoms with Crippen LogP contribution in [0.15, 0.2) is 12.1 Å². The maximum atomic E-state index is 10.6. The predicted octanol–water partition coefficient (Wildman–Crippen LogP) is 4.84. The molecule has 1 aromatic rings. The summed E-state index contributed by atoms with van der Waals surface area (Å²) < 4.78 is 0. The fraction of sp³-hybridized carbons (Fsp3) is 0.667. The zero-order valence-electron chi connectivity index (χ0n) is 13.3. The molecule has 0 amide bonds. The van der Waals surface area contributed by atoms with Gasteiger partial charge in [0.1, 0.15) is 0 Å². The minimum Gasteiger partial charge on any atom is -0.388 e. The molecule has 0 fully saturated rings. The summed E-state index contributed by atoms with van der Waals surface area (Å²) in [6.07, 6.45) is 4.80. The second kappa shape index (κ2) is 7.69. The third-order valence-electron chi connectivity index (χ3n) is 4.24. The van der Waals surface area contributed by atoms with Gasteiger partial charge in [-0.05, 0) is 53.9 Å². The van der Waals surface area contributed by atoms with Gasteiger partial charge in [0.15, 0.2) is 0 Å². The molecule has 0 spiro atoms. The van der Waals surface area contributed by atoms with Crippen LogP contribution in [-0.2, 0) is 19.3 Å². The van der Waals surface area contributed by atoms with E-state index in [4.69, 9.17) is 0 Å². The Balaban J connectivity index is 3.15. The molecule has 0 saturated carbocycles. The fourth-order valence-electron chi connectivity index (χ4n) is 2.73. The van der Waals surface area contributed by atoms with Crippen LogP contribution >= 0.6 is 0 Å². The van der Waals surface area contributed by atoms with Crippen LogP contribution in [0, 0.1) is 5.92 Å². The molecule has 2 unspecified atom stereocenters. The van der Waals surface area contributed by atoms with Crippen molar-refractivity contribution in [1.29, 1.82) is 0 Å².